The summed E-state index contributed by atoms with van der Waals surface area (Å²) >= 11 is 0. The van der Waals surface area contributed by atoms with E-state index in [2.05, 4.69) is 10.5 Å². The number of nitrogens with zero attached hydrogens (tertiary/aromatic N) is 1. The lowest BCUT2D eigenvalue weighted by molar-refractivity contribution is 0.0338. The van der Waals surface area contributed by atoms with Crippen molar-refractivity contribution in [2.75, 3.05) is 7.11 Å². The number of furan rings is 1. The number of hydrogen-bond acceptors (Lipinski definition) is 6. The summed E-state index contributed by atoms with van der Waals surface area (Å²) in [7, 11) is 1.55. The second kappa shape index (κ2) is 8.29. The van der Waals surface area contributed by atoms with E-state index in [-0.39, 0.29) is 17.8 Å². The summed E-state index contributed by atoms with van der Waals surface area (Å²) in [6, 6.07) is 6.84. The Morgan fingerprint density at radius 1 is 1.25 bits per heavy atom. The maximum Gasteiger partial charge on any atom is 0.374 e. The van der Waals surface area contributed by atoms with Gasteiger partial charge in [0.1, 0.15) is 11.5 Å². The van der Waals surface area contributed by atoms with Crippen molar-refractivity contribution in [3.63, 3.8) is 0 Å². The van der Waals surface area contributed by atoms with Crippen molar-refractivity contribution in [3.05, 3.63) is 52.5 Å². The molecule has 28 heavy (non-hydrogen) atoms. The number of benzene rings is 1. The Kier molecular flexibility index (Phi) is 5.82. The van der Waals surface area contributed by atoms with Crippen LogP contribution in [0.1, 0.15) is 64.5 Å². The van der Waals surface area contributed by atoms with Crippen molar-refractivity contribution in [2.45, 2.75) is 46.1 Å². The van der Waals surface area contributed by atoms with E-state index in [1.165, 1.54) is 0 Å². The average molecular weight is 384 g/mol. The summed E-state index contributed by atoms with van der Waals surface area (Å²) in [5, 5.41) is 4.31. The van der Waals surface area contributed by atoms with Gasteiger partial charge in [-0.3, -0.25) is 4.79 Å². The van der Waals surface area contributed by atoms with Crippen LogP contribution in [0, 0.1) is 6.92 Å². The summed E-state index contributed by atoms with van der Waals surface area (Å²) in [5.41, 5.74) is 5.21. The number of amides is 1. The normalized spacial score (nSPS) is 14.7. The Balaban J connectivity index is 1.84. The van der Waals surface area contributed by atoms with Gasteiger partial charge in [-0.15, -0.1) is 0 Å². The third-order valence-corrected chi connectivity index (χ3v) is 4.48. The van der Waals surface area contributed by atoms with E-state index in [1.807, 2.05) is 6.92 Å². The number of hydrogen-bond donors (Lipinski definition) is 1. The summed E-state index contributed by atoms with van der Waals surface area (Å²) in [4.78, 5) is 24.7. The van der Waals surface area contributed by atoms with Crippen LogP contribution in [0.25, 0.3) is 0 Å². The van der Waals surface area contributed by atoms with Crippen molar-refractivity contribution in [2.24, 2.45) is 5.10 Å². The van der Waals surface area contributed by atoms with Crippen molar-refractivity contribution in [1.29, 1.82) is 0 Å². The molecular formula is C21H24N2O5. The largest absolute Gasteiger partial charge is 0.497 e. The van der Waals surface area contributed by atoms with Crippen molar-refractivity contribution in [1.82, 2.24) is 5.43 Å². The Morgan fingerprint density at radius 2 is 2.04 bits per heavy atom. The zero-order valence-electron chi connectivity index (χ0n) is 16.5. The number of nitrogens with one attached hydrogen (secondary N) is 1. The molecule has 1 N–H and O–H groups in total. The maximum absolute atomic E-state index is 12.4. The Labute approximate surface area is 163 Å². The number of fused-ring (bicyclic) bond motifs is 1. The number of rotatable bonds is 5. The zero-order valence-corrected chi connectivity index (χ0v) is 16.5. The van der Waals surface area contributed by atoms with Gasteiger partial charge in [-0.2, -0.15) is 5.10 Å². The zero-order chi connectivity index (χ0) is 20.3. The van der Waals surface area contributed by atoms with Gasteiger partial charge in [-0.05, 0) is 51.8 Å². The minimum atomic E-state index is -0.485. The third-order valence-electron chi connectivity index (χ3n) is 4.48. The number of methoxy groups -OCH3 is 1. The Bertz CT molecular complexity index is 927. The predicted octanol–water partition coefficient (Wildman–Crippen LogP) is 3.63. The van der Waals surface area contributed by atoms with Gasteiger partial charge >= 0.3 is 5.97 Å². The molecule has 1 amide bonds. The summed E-state index contributed by atoms with van der Waals surface area (Å²) in [6.45, 7) is 5.39. The van der Waals surface area contributed by atoms with Gasteiger partial charge in [0.2, 0.25) is 5.76 Å². The fourth-order valence-electron chi connectivity index (χ4n) is 3.19. The predicted molar refractivity (Wildman–Crippen MR) is 104 cm³/mol. The molecule has 2 aromatic rings. The lowest BCUT2D eigenvalue weighted by Crippen LogP contribution is -2.22. The molecule has 1 aliphatic carbocycles. The first-order chi connectivity index (χ1) is 13.4. The van der Waals surface area contributed by atoms with Gasteiger partial charge in [-0.1, -0.05) is 6.07 Å². The molecule has 3 rings (SSSR count). The molecule has 0 bridgehead atoms. The van der Waals surface area contributed by atoms with Gasteiger partial charge in [0.15, 0.2) is 0 Å². The van der Waals surface area contributed by atoms with E-state index in [1.54, 1.807) is 45.2 Å². The van der Waals surface area contributed by atoms with Crippen LogP contribution in [-0.4, -0.2) is 30.8 Å². The first-order valence-corrected chi connectivity index (χ1v) is 9.25. The molecule has 0 saturated heterocycles. The minimum Gasteiger partial charge on any atom is -0.497 e. The van der Waals surface area contributed by atoms with Crippen LogP contribution >= 0.6 is 0 Å². The van der Waals surface area contributed by atoms with Crippen molar-refractivity contribution < 1.29 is 23.5 Å². The first kappa shape index (κ1) is 19.7. The first-order valence-electron chi connectivity index (χ1n) is 9.25. The standard InChI is InChI=1S/C21H24N2O5/c1-12(2)27-21(25)19-13(3)18-16(9-6-10-17(18)28-19)22-23-20(24)14-7-5-8-15(11-14)26-4/h5,7-8,11-12H,6,9-10H2,1-4H3,(H,23,24)/b22-16+. The number of aryl methyl sites for hydroxylation is 1. The van der Waals surface area contributed by atoms with E-state index >= 15 is 0 Å². The molecule has 0 unspecified atom stereocenters. The van der Waals surface area contributed by atoms with Gasteiger partial charge in [0.25, 0.3) is 5.91 Å². The third kappa shape index (κ3) is 4.08. The summed E-state index contributed by atoms with van der Waals surface area (Å²) in [6.07, 6.45) is 1.99. The van der Waals surface area contributed by atoms with Crippen LogP contribution in [0.2, 0.25) is 0 Å². The molecular weight excluding hydrogens is 360 g/mol. The molecule has 7 nitrogen and oxygen atoms in total. The van der Waals surface area contributed by atoms with E-state index in [0.717, 1.165) is 12.0 Å². The molecule has 1 aromatic heterocycles. The molecule has 0 aliphatic heterocycles. The number of ether oxygens (including phenoxy) is 2. The summed E-state index contributed by atoms with van der Waals surface area (Å²) in [5.74, 6) is 0.682. The molecule has 1 heterocycles. The topological polar surface area (TPSA) is 90.1 Å². The monoisotopic (exact) mass is 384 g/mol. The fourth-order valence-corrected chi connectivity index (χ4v) is 3.19. The molecule has 0 fully saturated rings. The van der Waals surface area contributed by atoms with E-state index in [0.29, 0.717) is 41.2 Å². The van der Waals surface area contributed by atoms with Gasteiger partial charge in [0, 0.05) is 23.1 Å². The van der Waals surface area contributed by atoms with Gasteiger partial charge in [-0.25, -0.2) is 10.2 Å². The Morgan fingerprint density at radius 3 is 2.75 bits per heavy atom. The highest BCUT2D eigenvalue weighted by Crippen LogP contribution is 2.30. The molecule has 1 aliphatic rings. The molecule has 1 aromatic carbocycles. The van der Waals surface area contributed by atoms with Crippen LogP contribution < -0.4 is 10.2 Å². The van der Waals surface area contributed by atoms with Crippen LogP contribution in [0.5, 0.6) is 5.75 Å². The number of carbonyl (C=O) groups is 2. The van der Waals surface area contributed by atoms with Crippen LogP contribution in [0.4, 0.5) is 0 Å². The summed E-state index contributed by atoms with van der Waals surface area (Å²) < 4.78 is 16.2. The molecule has 0 saturated carbocycles. The Hall–Kier alpha value is -3.09. The second-order valence-corrected chi connectivity index (χ2v) is 6.89. The van der Waals surface area contributed by atoms with E-state index in [9.17, 15) is 9.59 Å². The van der Waals surface area contributed by atoms with Gasteiger partial charge in [0.05, 0.1) is 18.9 Å². The SMILES string of the molecule is COc1cccc(C(=O)N/N=C2\CCCc3oc(C(=O)OC(C)C)c(C)c32)c1. The average Bonchev–Trinajstić information content (AvgIpc) is 3.03. The molecule has 0 radical (unpaired) electrons. The highest BCUT2D eigenvalue weighted by atomic mass is 16.6. The molecule has 0 spiro atoms. The van der Waals surface area contributed by atoms with E-state index in [4.69, 9.17) is 13.9 Å². The quantitative estimate of drug-likeness (QED) is 0.628. The lowest BCUT2D eigenvalue weighted by Gasteiger charge is -2.13. The lowest BCUT2D eigenvalue weighted by atomic mass is 9.93. The number of hydrazone groups is 1. The maximum atomic E-state index is 12.4. The number of carbonyl (C=O) groups excluding carboxylic acids is 2. The highest BCUT2D eigenvalue weighted by Gasteiger charge is 2.29. The minimum absolute atomic E-state index is 0.201. The van der Waals surface area contributed by atoms with Crippen molar-refractivity contribution >= 4 is 17.6 Å². The van der Waals surface area contributed by atoms with Crippen molar-refractivity contribution in [3.8, 4) is 5.75 Å². The highest BCUT2D eigenvalue weighted by molar-refractivity contribution is 6.06. The fraction of sp³-hybridized carbons (Fsp3) is 0.381. The molecule has 7 heteroatoms. The van der Waals surface area contributed by atoms with Crippen LogP contribution in [0.15, 0.2) is 33.8 Å². The second-order valence-electron chi connectivity index (χ2n) is 6.89. The van der Waals surface area contributed by atoms with E-state index < -0.39 is 5.97 Å². The van der Waals surface area contributed by atoms with Gasteiger partial charge < -0.3 is 13.9 Å². The van der Waals surface area contributed by atoms with Crippen LogP contribution in [0.3, 0.4) is 0 Å². The smallest absolute Gasteiger partial charge is 0.374 e. The molecule has 0 atom stereocenters. The number of esters is 1. The molecule has 148 valence electrons. The van der Waals surface area contributed by atoms with Crippen LogP contribution in [-0.2, 0) is 11.2 Å².